The van der Waals surface area contributed by atoms with Gasteiger partial charge in [-0.05, 0) is 19.8 Å². The van der Waals surface area contributed by atoms with Crippen molar-refractivity contribution in [3.8, 4) is 0 Å². The first-order valence-electron chi connectivity index (χ1n) is 6.59. The van der Waals surface area contributed by atoms with Gasteiger partial charge in [0, 0.05) is 11.4 Å². The summed E-state index contributed by atoms with van der Waals surface area (Å²) in [7, 11) is 0. The van der Waals surface area contributed by atoms with Crippen molar-refractivity contribution in [3.63, 3.8) is 0 Å². The zero-order valence-corrected chi connectivity index (χ0v) is 13.2. The van der Waals surface area contributed by atoms with E-state index in [1.807, 2.05) is 27.7 Å². The van der Waals surface area contributed by atoms with Crippen molar-refractivity contribution in [2.75, 3.05) is 13.1 Å². The zero-order valence-electron chi connectivity index (χ0n) is 12.4. The van der Waals surface area contributed by atoms with Crippen LogP contribution < -0.4 is 16.0 Å². The largest absolute Gasteiger partial charge is 0.354 e. The number of carbonyl (C=O) groups excluding carboxylic acids is 2. The fourth-order valence-electron chi connectivity index (χ4n) is 1.37. The molecular formula is C13H22N4O2S. The number of carbonyl (C=O) groups is 2. The Morgan fingerprint density at radius 2 is 1.90 bits per heavy atom. The lowest BCUT2D eigenvalue weighted by molar-refractivity contribution is -0.120. The van der Waals surface area contributed by atoms with Crippen LogP contribution in [-0.4, -0.2) is 30.0 Å². The summed E-state index contributed by atoms with van der Waals surface area (Å²) in [5, 5.41) is 8.78. The number of rotatable bonds is 6. The van der Waals surface area contributed by atoms with Crippen LogP contribution in [0, 0.1) is 19.8 Å². The van der Waals surface area contributed by atoms with E-state index < -0.39 is 0 Å². The summed E-state index contributed by atoms with van der Waals surface area (Å²) in [6, 6.07) is -0.366. The van der Waals surface area contributed by atoms with E-state index in [2.05, 4.69) is 20.9 Å². The monoisotopic (exact) mass is 298 g/mol. The fourth-order valence-corrected chi connectivity index (χ4v) is 2.25. The molecule has 0 aliphatic carbocycles. The second kappa shape index (κ2) is 7.84. The van der Waals surface area contributed by atoms with Crippen LogP contribution in [0.5, 0.6) is 0 Å². The second-order valence-corrected chi connectivity index (χ2v) is 6.27. The quantitative estimate of drug-likeness (QED) is 0.741. The van der Waals surface area contributed by atoms with E-state index in [0.29, 0.717) is 19.0 Å². The molecule has 0 saturated heterocycles. The summed E-state index contributed by atoms with van der Waals surface area (Å²) >= 11 is 1.56. The fraction of sp³-hybridized carbons (Fsp3) is 0.615. The standard InChI is InChI=1S/C13H22N4O2S/c1-8(2)5-14-11(18)6-15-13(19)16-7-12-17-9(3)10(4)20-12/h8H,5-7H2,1-4H3,(H,14,18)(H2,15,16,19). The van der Waals surface area contributed by atoms with Crippen LogP contribution in [-0.2, 0) is 11.3 Å². The molecule has 0 spiro atoms. The van der Waals surface area contributed by atoms with Crippen molar-refractivity contribution in [2.45, 2.75) is 34.2 Å². The first-order chi connectivity index (χ1) is 9.38. The van der Waals surface area contributed by atoms with Crippen LogP contribution in [0.3, 0.4) is 0 Å². The van der Waals surface area contributed by atoms with Gasteiger partial charge in [0.2, 0.25) is 5.91 Å². The molecule has 112 valence electrons. The third kappa shape index (κ3) is 6.01. The molecule has 3 N–H and O–H groups in total. The summed E-state index contributed by atoms with van der Waals surface area (Å²) in [4.78, 5) is 28.4. The van der Waals surface area contributed by atoms with Crippen LogP contribution in [0.4, 0.5) is 4.79 Å². The summed E-state index contributed by atoms with van der Waals surface area (Å²) in [5.41, 5.74) is 0.986. The van der Waals surface area contributed by atoms with Gasteiger partial charge in [-0.1, -0.05) is 13.8 Å². The molecule has 20 heavy (non-hydrogen) atoms. The smallest absolute Gasteiger partial charge is 0.315 e. The molecule has 6 nitrogen and oxygen atoms in total. The van der Waals surface area contributed by atoms with E-state index >= 15 is 0 Å². The minimum atomic E-state index is -0.366. The average Bonchev–Trinajstić information content (AvgIpc) is 2.70. The number of hydrogen-bond donors (Lipinski definition) is 3. The molecule has 1 aromatic rings. The Morgan fingerprint density at radius 3 is 2.45 bits per heavy atom. The molecule has 1 heterocycles. The lowest BCUT2D eigenvalue weighted by atomic mass is 10.2. The summed E-state index contributed by atoms with van der Waals surface area (Å²) in [6.45, 7) is 8.92. The van der Waals surface area contributed by atoms with Gasteiger partial charge in [-0.2, -0.15) is 0 Å². The molecule has 0 unspecified atom stereocenters. The first kappa shape index (κ1) is 16.4. The van der Waals surface area contributed by atoms with E-state index in [9.17, 15) is 9.59 Å². The topological polar surface area (TPSA) is 83.1 Å². The van der Waals surface area contributed by atoms with E-state index in [4.69, 9.17) is 0 Å². The van der Waals surface area contributed by atoms with E-state index in [0.717, 1.165) is 15.6 Å². The predicted octanol–water partition coefficient (Wildman–Crippen LogP) is 1.33. The SMILES string of the molecule is Cc1nc(CNC(=O)NCC(=O)NCC(C)C)sc1C. The van der Waals surface area contributed by atoms with Crippen molar-refractivity contribution in [2.24, 2.45) is 5.92 Å². The third-order valence-electron chi connectivity index (χ3n) is 2.59. The normalized spacial score (nSPS) is 10.4. The van der Waals surface area contributed by atoms with E-state index in [1.54, 1.807) is 11.3 Å². The van der Waals surface area contributed by atoms with Crippen molar-refractivity contribution in [1.29, 1.82) is 0 Å². The second-order valence-electron chi connectivity index (χ2n) is 4.98. The van der Waals surface area contributed by atoms with Crippen molar-refractivity contribution in [1.82, 2.24) is 20.9 Å². The Hall–Kier alpha value is -1.63. The van der Waals surface area contributed by atoms with Crippen LogP contribution in [0.1, 0.15) is 29.4 Å². The maximum absolute atomic E-state index is 11.5. The van der Waals surface area contributed by atoms with Crippen LogP contribution in [0.2, 0.25) is 0 Å². The molecule has 0 aliphatic rings. The van der Waals surface area contributed by atoms with Gasteiger partial charge in [0.05, 0.1) is 18.8 Å². The molecular weight excluding hydrogens is 276 g/mol. The van der Waals surface area contributed by atoms with Crippen LogP contribution >= 0.6 is 11.3 Å². The lowest BCUT2D eigenvalue weighted by Gasteiger charge is -2.09. The highest BCUT2D eigenvalue weighted by Gasteiger charge is 2.07. The van der Waals surface area contributed by atoms with Gasteiger partial charge in [0.15, 0.2) is 0 Å². The molecule has 0 saturated carbocycles. The number of thiazole rings is 1. The average molecular weight is 298 g/mol. The van der Waals surface area contributed by atoms with Gasteiger partial charge in [0.1, 0.15) is 5.01 Å². The Balaban J connectivity index is 2.22. The van der Waals surface area contributed by atoms with Crippen molar-refractivity contribution < 1.29 is 9.59 Å². The molecule has 1 aromatic heterocycles. The summed E-state index contributed by atoms with van der Waals surface area (Å²) < 4.78 is 0. The number of aromatic nitrogens is 1. The molecule has 0 fully saturated rings. The zero-order chi connectivity index (χ0) is 15.1. The Bertz CT molecular complexity index is 451. The third-order valence-corrected chi connectivity index (χ3v) is 3.66. The predicted molar refractivity (Wildman–Crippen MR) is 79.7 cm³/mol. The Kier molecular flexibility index (Phi) is 6.44. The van der Waals surface area contributed by atoms with Gasteiger partial charge in [-0.3, -0.25) is 4.79 Å². The molecule has 0 radical (unpaired) electrons. The minimum absolute atomic E-state index is 0.0194. The Morgan fingerprint density at radius 1 is 1.20 bits per heavy atom. The van der Waals surface area contributed by atoms with Crippen LogP contribution in [0.15, 0.2) is 0 Å². The Labute approximate surface area is 123 Å². The van der Waals surface area contributed by atoms with Crippen LogP contribution in [0.25, 0.3) is 0 Å². The molecule has 0 aromatic carbocycles. The highest BCUT2D eigenvalue weighted by molar-refractivity contribution is 7.11. The molecule has 3 amide bonds. The molecule has 0 bridgehead atoms. The molecule has 0 aliphatic heterocycles. The number of hydrogen-bond acceptors (Lipinski definition) is 4. The van der Waals surface area contributed by atoms with Crippen molar-refractivity contribution >= 4 is 23.3 Å². The van der Waals surface area contributed by atoms with E-state index in [1.165, 1.54) is 0 Å². The number of amides is 3. The number of urea groups is 1. The molecule has 1 rings (SSSR count). The molecule has 7 heteroatoms. The maximum Gasteiger partial charge on any atom is 0.315 e. The maximum atomic E-state index is 11.5. The van der Waals surface area contributed by atoms with Gasteiger partial charge in [-0.15, -0.1) is 11.3 Å². The lowest BCUT2D eigenvalue weighted by Crippen LogP contribution is -2.42. The minimum Gasteiger partial charge on any atom is -0.354 e. The first-order valence-corrected chi connectivity index (χ1v) is 7.41. The van der Waals surface area contributed by atoms with Crippen molar-refractivity contribution in [3.05, 3.63) is 15.6 Å². The van der Waals surface area contributed by atoms with Gasteiger partial charge >= 0.3 is 6.03 Å². The highest BCUT2D eigenvalue weighted by atomic mass is 32.1. The number of aryl methyl sites for hydroxylation is 2. The van der Waals surface area contributed by atoms with Gasteiger partial charge < -0.3 is 16.0 Å². The van der Waals surface area contributed by atoms with Gasteiger partial charge in [0.25, 0.3) is 0 Å². The highest BCUT2D eigenvalue weighted by Crippen LogP contribution is 2.15. The number of nitrogens with zero attached hydrogens (tertiary/aromatic N) is 1. The molecule has 0 atom stereocenters. The van der Waals surface area contributed by atoms with E-state index in [-0.39, 0.29) is 18.5 Å². The summed E-state index contributed by atoms with van der Waals surface area (Å²) in [6.07, 6.45) is 0. The summed E-state index contributed by atoms with van der Waals surface area (Å²) in [5.74, 6) is 0.207. The number of nitrogens with one attached hydrogen (secondary N) is 3. The van der Waals surface area contributed by atoms with Gasteiger partial charge in [-0.25, -0.2) is 9.78 Å².